The van der Waals surface area contributed by atoms with Gasteiger partial charge < -0.3 is 4.74 Å². The van der Waals surface area contributed by atoms with E-state index in [1.54, 1.807) is 18.3 Å². The quantitative estimate of drug-likeness (QED) is 0.457. The minimum absolute atomic E-state index is 0.332. The van der Waals surface area contributed by atoms with Gasteiger partial charge in [-0.1, -0.05) is 12.1 Å². The summed E-state index contributed by atoms with van der Waals surface area (Å²) in [5, 5.41) is 0. The number of aryl methyl sites for hydroxylation is 1. The first-order valence-corrected chi connectivity index (χ1v) is 7.16. The topological polar surface area (TPSA) is 38.7 Å². The number of carbonyl (C=O) groups is 1. The lowest BCUT2D eigenvalue weighted by molar-refractivity contribution is 0.0601. The van der Waals surface area contributed by atoms with Crippen LogP contribution in [-0.2, 0) is 4.74 Å². The Kier molecular flexibility index (Phi) is 4.89. The molecule has 0 aromatic heterocycles. The van der Waals surface area contributed by atoms with Crippen molar-refractivity contribution in [3.63, 3.8) is 0 Å². The second-order valence-electron chi connectivity index (χ2n) is 4.30. The van der Waals surface area contributed by atoms with E-state index < -0.39 is 0 Å². The number of nitrogens with zero attached hydrogens (tertiary/aromatic N) is 1. The van der Waals surface area contributed by atoms with Gasteiger partial charge in [0, 0.05) is 9.78 Å². The Labute approximate surface area is 131 Å². The van der Waals surface area contributed by atoms with Gasteiger partial charge in [0.15, 0.2) is 0 Å². The predicted molar refractivity (Wildman–Crippen MR) is 88.9 cm³/mol. The molecule has 0 unspecified atom stereocenters. The zero-order valence-electron chi connectivity index (χ0n) is 11.3. The normalized spacial score (nSPS) is 10.8. The van der Waals surface area contributed by atoms with Crippen LogP contribution in [0.15, 0.2) is 47.5 Å². The molecule has 4 heteroatoms. The monoisotopic (exact) mass is 379 g/mol. The highest BCUT2D eigenvalue weighted by Crippen LogP contribution is 2.20. The molecule has 0 atom stereocenters. The van der Waals surface area contributed by atoms with Crippen molar-refractivity contribution in [3.05, 3.63) is 62.7 Å². The SMILES string of the molecule is COC(=O)c1ccc(/C=N/c2ccc(I)cc2C)cc1. The fourth-order valence-corrected chi connectivity index (χ4v) is 2.38. The van der Waals surface area contributed by atoms with Crippen molar-refractivity contribution in [1.82, 2.24) is 0 Å². The lowest BCUT2D eigenvalue weighted by atomic mass is 10.1. The number of hydrogen-bond acceptors (Lipinski definition) is 3. The maximum absolute atomic E-state index is 11.3. The van der Waals surface area contributed by atoms with Crippen molar-refractivity contribution in [2.45, 2.75) is 6.92 Å². The van der Waals surface area contributed by atoms with Crippen LogP contribution in [0.5, 0.6) is 0 Å². The van der Waals surface area contributed by atoms with E-state index in [4.69, 9.17) is 0 Å². The van der Waals surface area contributed by atoms with Crippen LogP contribution in [0.25, 0.3) is 0 Å². The Morgan fingerprint density at radius 3 is 2.50 bits per heavy atom. The molecule has 0 saturated heterocycles. The second-order valence-corrected chi connectivity index (χ2v) is 5.55. The van der Waals surface area contributed by atoms with Gasteiger partial charge in [0.2, 0.25) is 0 Å². The van der Waals surface area contributed by atoms with E-state index in [0.29, 0.717) is 5.56 Å². The molecule has 0 radical (unpaired) electrons. The third-order valence-corrected chi connectivity index (χ3v) is 3.51. The van der Waals surface area contributed by atoms with Gasteiger partial charge in [-0.15, -0.1) is 0 Å². The summed E-state index contributed by atoms with van der Waals surface area (Å²) < 4.78 is 5.85. The minimum Gasteiger partial charge on any atom is -0.465 e. The summed E-state index contributed by atoms with van der Waals surface area (Å²) in [5.41, 5.74) is 3.56. The number of methoxy groups -OCH3 is 1. The number of carbonyl (C=O) groups excluding carboxylic acids is 1. The van der Waals surface area contributed by atoms with Crippen molar-refractivity contribution in [2.75, 3.05) is 7.11 Å². The molecule has 0 spiro atoms. The second kappa shape index (κ2) is 6.65. The van der Waals surface area contributed by atoms with Gasteiger partial charge in [-0.25, -0.2) is 4.79 Å². The fourth-order valence-electron chi connectivity index (χ4n) is 1.73. The molecular weight excluding hydrogens is 365 g/mol. The summed E-state index contributed by atoms with van der Waals surface area (Å²) in [6, 6.07) is 13.3. The average Bonchev–Trinajstić information content (AvgIpc) is 2.46. The van der Waals surface area contributed by atoms with Gasteiger partial charge >= 0.3 is 5.97 Å². The fraction of sp³-hybridized carbons (Fsp3) is 0.125. The van der Waals surface area contributed by atoms with E-state index in [0.717, 1.165) is 16.8 Å². The highest BCUT2D eigenvalue weighted by molar-refractivity contribution is 14.1. The van der Waals surface area contributed by atoms with Crippen LogP contribution < -0.4 is 0 Å². The molecule has 102 valence electrons. The predicted octanol–water partition coefficient (Wildman–Crippen LogP) is 4.14. The van der Waals surface area contributed by atoms with Crippen LogP contribution in [0, 0.1) is 10.5 Å². The maximum atomic E-state index is 11.3. The molecule has 0 heterocycles. The molecule has 2 aromatic rings. The molecule has 0 bridgehead atoms. The summed E-state index contributed by atoms with van der Waals surface area (Å²) >= 11 is 2.28. The van der Waals surface area contributed by atoms with E-state index in [1.807, 2.05) is 31.2 Å². The van der Waals surface area contributed by atoms with E-state index in [1.165, 1.54) is 10.7 Å². The molecule has 2 rings (SSSR count). The lowest BCUT2D eigenvalue weighted by Gasteiger charge is -2.01. The van der Waals surface area contributed by atoms with E-state index in [-0.39, 0.29) is 5.97 Å². The van der Waals surface area contributed by atoms with Gasteiger partial charge in [-0.2, -0.15) is 0 Å². The third-order valence-electron chi connectivity index (χ3n) is 2.84. The van der Waals surface area contributed by atoms with Crippen LogP contribution in [0.1, 0.15) is 21.5 Å². The Hall–Kier alpha value is -1.69. The summed E-state index contributed by atoms with van der Waals surface area (Å²) in [7, 11) is 1.37. The Balaban J connectivity index is 2.17. The number of hydrogen-bond donors (Lipinski definition) is 0. The van der Waals surface area contributed by atoms with Crippen LogP contribution in [0.3, 0.4) is 0 Å². The van der Waals surface area contributed by atoms with Gasteiger partial charge in [0.25, 0.3) is 0 Å². The lowest BCUT2D eigenvalue weighted by Crippen LogP contribution is -2.00. The summed E-state index contributed by atoms with van der Waals surface area (Å²) in [6.07, 6.45) is 1.79. The third kappa shape index (κ3) is 3.66. The number of aliphatic imine (C=N–C) groups is 1. The maximum Gasteiger partial charge on any atom is 0.337 e. The van der Waals surface area contributed by atoms with Crippen LogP contribution >= 0.6 is 22.6 Å². The number of ether oxygens (including phenoxy) is 1. The smallest absolute Gasteiger partial charge is 0.337 e. The van der Waals surface area contributed by atoms with Crippen molar-refractivity contribution in [2.24, 2.45) is 4.99 Å². The van der Waals surface area contributed by atoms with Gasteiger partial charge in [0.05, 0.1) is 18.4 Å². The Bertz CT molecular complexity index is 648. The zero-order chi connectivity index (χ0) is 14.5. The summed E-state index contributed by atoms with van der Waals surface area (Å²) in [6.45, 7) is 2.04. The van der Waals surface area contributed by atoms with E-state index >= 15 is 0 Å². The van der Waals surface area contributed by atoms with Crippen molar-refractivity contribution >= 4 is 40.5 Å². The number of esters is 1. The summed E-state index contributed by atoms with van der Waals surface area (Å²) in [5.74, 6) is -0.332. The highest BCUT2D eigenvalue weighted by atomic mass is 127. The molecule has 0 fully saturated rings. The van der Waals surface area contributed by atoms with Crippen molar-refractivity contribution < 1.29 is 9.53 Å². The first-order chi connectivity index (χ1) is 9.60. The number of halogens is 1. The molecule has 20 heavy (non-hydrogen) atoms. The van der Waals surface area contributed by atoms with Crippen molar-refractivity contribution in [1.29, 1.82) is 0 Å². The number of rotatable bonds is 3. The highest BCUT2D eigenvalue weighted by Gasteiger charge is 2.03. The van der Waals surface area contributed by atoms with Crippen molar-refractivity contribution in [3.8, 4) is 0 Å². The Morgan fingerprint density at radius 1 is 1.20 bits per heavy atom. The first-order valence-electron chi connectivity index (χ1n) is 6.09. The molecule has 0 aliphatic heterocycles. The first kappa shape index (κ1) is 14.7. The minimum atomic E-state index is -0.332. The Morgan fingerprint density at radius 2 is 1.90 bits per heavy atom. The van der Waals surface area contributed by atoms with Gasteiger partial charge in [-0.3, -0.25) is 4.99 Å². The molecule has 2 aromatic carbocycles. The average molecular weight is 379 g/mol. The molecule has 0 amide bonds. The summed E-state index contributed by atoms with van der Waals surface area (Å²) in [4.78, 5) is 15.8. The van der Waals surface area contributed by atoms with Crippen LogP contribution in [-0.4, -0.2) is 19.3 Å². The van der Waals surface area contributed by atoms with Crippen LogP contribution in [0.4, 0.5) is 5.69 Å². The number of benzene rings is 2. The molecule has 3 nitrogen and oxygen atoms in total. The zero-order valence-corrected chi connectivity index (χ0v) is 13.4. The molecule has 0 aliphatic carbocycles. The van der Waals surface area contributed by atoms with E-state index in [9.17, 15) is 4.79 Å². The molecule has 0 saturated carbocycles. The van der Waals surface area contributed by atoms with Crippen LogP contribution in [0.2, 0.25) is 0 Å². The van der Waals surface area contributed by atoms with Gasteiger partial charge in [-0.05, 0) is 71.0 Å². The largest absolute Gasteiger partial charge is 0.465 e. The van der Waals surface area contributed by atoms with Gasteiger partial charge in [0.1, 0.15) is 0 Å². The molecular formula is C16H14INO2. The standard InChI is InChI=1S/C16H14INO2/c1-11-9-14(17)7-8-15(11)18-10-12-3-5-13(6-4-12)16(19)20-2/h3-10H,1-2H3/b18-10+. The molecule has 0 N–H and O–H groups in total. The molecule has 0 aliphatic rings. The van der Waals surface area contributed by atoms with E-state index in [2.05, 4.69) is 38.4 Å².